The van der Waals surface area contributed by atoms with Crippen LogP contribution in [0.5, 0.6) is 0 Å². The summed E-state index contributed by atoms with van der Waals surface area (Å²) < 4.78 is 12.6. The fourth-order valence-electron chi connectivity index (χ4n) is 0.599. The van der Waals surface area contributed by atoms with Gasteiger partial charge in [-0.15, -0.1) is 12.4 Å². The highest BCUT2D eigenvalue weighted by molar-refractivity contribution is 6.30. The Morgan fingerprint density at radius 3 is 2.73 bits per heavy atom. The molecule has 1 N–H and O–H groups in total. The summed E-state index contributed by atoms with van der Waals surface area (Å²) in [6, 6.07) is 1.21. The molecule has 62 valence electrons. The van der Waals surface area contributed by atoms with Gasteiger partial charge in [0.2, 0.25) is 0 Å². The zero-order valence-corrected chi connectivity index (χ0v) is 7.34. The lowest BCUT2D eigenvalue weighted by atomic mass is 10.4. The van der Waals surface area contributed by atoms with Gasteiger partial charge in [0, 0.05) is 13.2 Å². The number of hydrogen-bond donors (Lipinski definition) is 1. The van der Waals surface area contributed by atoms with Gasteiger partial charge in [-0.1, -0.05) is 11.6 Å². The third-order valence-electron chi connectivity index (χ3n) is 1.04. The van der Waals surface area contributed by atoms with Crippen LogP contribution in [0.3, 0.4) is 0 Å². The fraction of sp³-hybridized carbons (Fsp3) is 0.167. The van der Waals surface area contributed by atoms with Crippen LogP contribution in [0.2, 0.25) is 5.02 Å². The summed E-state index contributed by atoms with van der Waals surface area (Å²) in [6.07, 6.45) is 1.39. The number of pyridine rings is 1. The van der Waals surface area contributed by atoms with Gasteiger partial charge in [0.25, 0.3) is 0 Å². The van der Waals surface area contributed by atoms with Crippen LogP contribution in [-0.4, -0.2) is 12.0 Å². The smallest absolute Gasteiger partial charge is 0.166 e. The van der Waals surface area contributed by atoms with Crippen molar-refractivity contribution in [3.05, 3.63) is 23.1 Å². The fourth-order valence-corrected chi connectivity index (χ4v) is 0.743. The summed E-state index contributed by atoms with van der Waals surface area (Å²) in [5, 5.41) is 2.88. The second kappa shape index (κ2) is 4.36. The Bertz CT molecular complexity index is 242. The minimum Gasteiger partial charge on any atom is -0.371 e. The van der Waals surface area contributed by atoms with E-state index in [0.29, 0.717) is 5.02 Å². The number of hydrogen-bond acceptors (Lipinski definition) is 2. The Kier molecular flexibility index (Phi) is 4.15. The molecule has 1 aromatic rings. The highest BCUT2D eigenvalue weighted by Crippen LogP contribution is 2.14. The first kappa shape index (κ1) is 10.5. The quantitative estimate of drug-likeness (QED) is 0.747. The largest absolute Gasteiger partial charge is 0.371 e. The van der Waals surface area contributed by atoms with Crippen molar-refractivity contribution in [2.24, 2.45) is 0 Å². The van der Waals surface area contributed by atoms with E-state index in [1.54, 1.807) is 7.05 Å². The molecule has 1 heterocycles. The second-order valence-corrected chi connectivity index (χ2v) is 2.17. The van der Waals surface area contributed by atoms with E-state index in [2.05, 4.69) is 10.3 Å². The molecule has 0 fully saturated rings. The summed E-state index contributed by atoms with van der Waals surface area (Å²) in [5.74, 6) is -0.223. The lowest BCUT2D eigenvalue weighted by Gasteiger charge is -1.98. The van der Waals surface area contributed by atoms with E-state index in [1.807, 2.05) is 0 Å². The van der Waals surface area contributed by atoms with Gasteiger partial charge in [0.05, 0.1) is 5.02 Å². The Morgan fingerprint density at radius 2 is 2.27 bits per heavy atom. The van der Waals surface area contributed by atoms with E-state index in [0.717, 1.165) is 0 Å². The average Bonchev–Trinajstić information content (AvgIpc) is 1.88. The number of halogens is 3. The van der Waals surface area contributed by atoms with Gasteiger partial charge in [-0.05, 0) is 6.07 Å². The maximum absolute atomic E-state index is 12.6. The van der Waals surface area contributed by atoms with Crippen molar-refractivity contribution in [3.8, 4) is 0 Å². The van der Waals surface area contributed by atoms with Crippen LogP contribution in [0.4, 0.5) is 10.2 Å². The molecule has 0 spiro atoms. The van der Waals surface area contributed by atoms with Crippen molar-refractivity contribution in [1.82, 2.24) is 4.98 Å². The van der Waals surface area contributed by atoms with Gasteiger partial charge in [0.1, 0.15) is 0 Å². The molecule has 1 aromatic heterocycles. The van der Waals surface area contributed by atoms with Gasteiger partial charge in [-0.25, -0.2) is 9.37 Å². The number of rotatable bonds is 1. The van der Waals surface area contributed by atoms with Crippen LogP contribution in [0, 0.1) is 5.82 Å². The molecule has 0 saturated carbocycles. The number of aromatic nitrogens is 1. The SMILES string of the molecule is CNc1ncc(Cl)cc1F.Cl. The molecular formula is C6H7Cl2FN2. The minimum atomic E-state index is -0.435. The predicted octanol–water partition coefficient (Wildman–Crippen LogP) is 2.34. The standard InChI is InChI=1S/C6H6ClFN2.ClH/c1-9-6-5(8)2-4(7)3-10-6;/h2-3H,1H3,(H,9,10);1H. The molecule has 0 aliphatic heterocycles. The van der Waals surface area contributed by atoms with Crippen molar-refractivity contribution < 1.29 is 4.39 Å². The van der Waals surface area contributed by atoms with Gasteiger partial charge in [0.15, 0.2) is 11.6 Å². The molecule has 0 bridgehead atoms. The first-order chi connectivity index (χ1) is 4.74. The Morgan fingerprint density at radius 1 is 1.64 bits per heavy atom. The Balaban J connectivity index is 0.000001000. The van der Waals surface area contributed by atoms with Crippen LogP contribution in [0.1, 0.15) is 0 Å². The van der Waals surface area contributed by atoms with Crippen LogP contribution in [-0.2, 0) is 0 Å². The third kappa shape index (κ3) is 2.52. The van der Waals surface area contributed by atoms with Crippen LogP contribution < -0.4 is 5.32 Å². The third-order valence-corrected chi connectivity index (χ3v) is 1.25. The summed E-state index contributed by atoms with van der Waals surface area (Å²) in [4.78, 5) is 3.68. The molecule has 0 radical (unpaired) electrons. The van der Waals surface area contributed by atoms with E-state index in [9.17, 15) is 4.39 Å². The van der Waals surface area contributed by atoms with Gasteiger partial charge >= 0.3 is 0 Å². The normalized spacial score (nSPS) is 8.64. The predicted molar refractivity (Wildman–Crippen MR) is 46.0 cm³/mol. The number of nitrogens with zero attached hydrogens (tertiary/aromatic N) is 1. The molecule has 11 heavy (non-hydrogen) atoms. The molecule has 5 heteroatoms. The molecule has 0 amide bonds. The molecule has 0 atom stereocenters. The second-order valence-electron chi connectivity index (χ2n) is 1.73. The van der Waals surface area contributed by atoms with Gasteiger partial charge in [-0.3, -0.25) is 0 Å². The lowest BCUT2D eigenvalue weighted by molar-refractivity contribution is 0.626. The van der Waals surface area contributed by atoms with Crippen molar-refractivity contribution in [3.63, 3.8) is 0 Å². The van der Waals surface area contributed by atoms with Crippen molar-refractivity contribution in [2.45, 2.75) is 0 Å². The van der Waals surface area contributed by atoms with E-state index in [4.69, 9.17) is 11.6 Å². The highest BCUT2D eigenvalue weighted by Gasteiger charge is 1.99. The van der Waals surface area contributed by atoms with E-state index in [1.165, 1.54) is 12.3 Å². The summed E-state index contributed by atoms with van der Waals surface area (Å²) in [7, 11) is 1.60. The molecule has 1 rings (SSSR count). The number of anilines is 1. The van der Waals surface area contributed by atoms with Crippen LogP contribution in [0.15, 0.2) is 12.3 Å². The Hall–Kier alpha value is -0.540. The number of nitrogens with one attached hydrogen (secondary N) is 1. The molecule has 0 aliphatic carbocycles. The monoisotopic (exact) mass is 196 g/mol. The van der Waals surface area contributed by atoms with Gasteiger partial charge < -0.3 is 5.32 Å². The van der Waals surface area contributed by atoms with Gasteiger partial charge in [-0.2, -0.15) is 0 Å². The van der Waals surface area contributed by atoms with Crippen LogP contribution in [0.25, 0.3) is 0 Å². The molecule has 0 unspecified atom stereocenters. The minimum absolute atomic E-state index is 0. The Labute approximate surface area is 75.2 Å². The summed E-state index contributed by atoms with van der Waals surface area (Å²) in [6.45, 7) is 0. The molecule has 0 aromatic carbocycles. The van der Waals surface area contributed by atoms with Crippen molar-refractivity contribution in [2.75, 3.05) is 12.4 Å². The summed E-state index contributed by atoms with van der Waals surface area (Å²) in [5.41, 5.74) is 0. The topological polar surface area (TPSA) is 24.9 Å². The molecule has 0 saturated heterocycles. The highest BCUT2D eigenvalue weighted by atomic mass is 35.5. The van der Waals surface area contributed by atoms with E-state index >= 15 is 0 Å². The zero-order valence-electron chi connectivity index (χ0n) is 5.77. The first-order valence-electron chi connectivity index (χ1n) is 2.73. The molecule has 0 aliphatic rings. The zero-order chi connectivity index (χ0) is 7.56. The lowest BCUT2D eigenvalue weighted by Crippen LogP contribution is -1.94. The summed E-state index contributed by atoms with van der Waals surface area (Å²) >= 11 is 5.44. The molecular weight excluding hydrogens is 190 g/mol. The van der Waals surface area contributed by atoms with E-state index < -0.39 is 5.82 Å². The first-order valence-corrected chi connectivity index (χ1v) is 3.10. The molecule has 2 nitrogen and oxygen atoms in total. The van der Waals surface area contributed by atoms with Crippen molar-refractivity contribution in [1.29, 1.82) is 0 Å². The van der Waals surface area contributed by atoms with Crippen molar-refractivity contribution >= 4 is 29.8 Å². The maximum Gasteiger partial charge on any atom is 0.166 e. The van der Waals surface area contributed by atoms with E-state index in [-0.39, 0.29) is 18.2 Å². The maximum atomic E-state index is 12.6. The van der Waals surface area contributed by atoms with Crippen LogP contribution >= 0.6 is 24.0 Å². The average molecular weight is 197 g/mol.